The molecule has 2 aromatic rings. The van der Waals surface area contributed by atoms with Gasteiger partial charge in [-0.15, -0.1) is 11.3 Å². The molecule has 5 heteroatoms. The van der Waals surface area contributed by atoms with Crippen molar-refractivity contribution in [1.82, 2.24) is 5.43 Å². The van der Waals surface area contributed by atoms with E-state index < -0.39 is 0 Å². The van der Waals surface area contributed by atoms with Gasteiger partial charge in [-0.2, -0.15) is 0 Å². The summed E-state index contributed by atoms with van der Waals surface area (Å²) in [5.41, 5.74) is 3.83. The molecule has 0 fully saturated rings. The third kappa shape index (κ3) is 3.28. The molecular weight excluding hydrogens is 280 g/mol. The maximum Gasteiger partial charge on any atom is 0.124 e. The summed E-state index contributed by atoms with van der Waals surface area (Å²) in [5.74, 6) is 6.55. The number of para-hydroxylation sites is 1. The SMILES string of the molecule is CCCOc1ccccc1C(NN)c1sccc1Cl. The van der Waals surface area contributed by atoms with Crippen LogP contribution in [-0.2, 0) is 0 Å². The van der Waals surface area contributed by atoms with Crippen molar-refractivity contribution in [2.75, 3.05) is 6.61 Å². The molecule has 1 heterocycles. The largest absolute Gasteiger partial charge is 0.493 e. The fourth-order valence-corrected chi connectivity index (χ4v) is 3.12. The highest BCUT2D eigenvalue weighted by Gasteiger charge is 2.20. The van der Waals surface area contributed by atoms with Gasteiger partial charge in [-0.05, 0) is 23.9 Å². The molecule has 19 heavy (non-hydrogen) atoms. The maximum absolute atomic E-state index is 6.19. The molecule has 0 aliphatic heterocycles. The Morgan fingerprint density at radius 2 is 2.16 bits per heavy atom. The Bertz CT molecular complexity index is 530. The summed E-state index contributed by atoms with van der Waals surface area (Å²) in [6, 6.07) is 9.61. The molecule has 0 aliphatic carbocycles. The Labute approximate surface area is 122 Å². The summed E-state index contributed by atoms with van der Waals surface area (Å²) in [4.78, 5) is 0.997. The van der Waals surface area contributed by atoms with E-state index in [1.165, 1.54) is 0 Å². The second-order valence-corrected chi connectivity index (χ2v) is 5.47. The van der Waals surface area contributed by atoms with Gasteiger partial charge in [-0.3, -0.25) is 5.84 Å². The average molecular weight is 297 g/mol. The zero-order valence-corrected chi connectivity index (χ0v) is 12.3. The lowest BCUT2D eigenvalue weighted by Gasteiger charge is -2.19. The number of hydrogen-bond acceptors (Lipinski definition) is 4. The number of hydrogen-bond donors (Lipinski definition) is 2. The zero-order valence-electron chi connectivity index (χ0n) is 10.7. The summed E-state index contributed by atoms with van der Waals surface area (Å²) in [5, 5.41) is 2.68. The van der Waals surface area contributed by atoms with Gasteiger partial charge in [0.25, 0.3) is 0 Å². The minimum Gasteiger partial charge on any atom is -0.493 e. The fraction of sp³-hybridized carbons (Fsp3) is 0.286. The van der Waals surface area contributed by atoms with Crippen molar-refractivity contribution in [3.8, 4) is 5.75 Å². The number of nitrogens with two attached hydrogens (primary N) is 1. The van der Waals surface area contributed by atoms with Gasteiger partial charge >= 0.3 is 0 Å². The van der Waals surface area contributed by atoms with Crippen molar-refractivity contribution in [2.45, 2.75) is 19.4 Å². The molecule has 0 amide bonds. The van der Waals surface area contributed by atoms with Crippen molar-refractivity contribution in [1.29, 1.82) is 0 Å². The molecule has 0 spiro atoms. The number of ether oxygens (including phenoxy) is 1. The number of benzene rings is 1. The molecule has 0 radical (unpaired) electrons. The van der Waals surface area contributed by atoms with Crippen molar-refractivity contribution in [2.24, 2.45) is 5.84 Å². The van der Waals surface area contributed by atoms with Crippen molar-refractivity contribution >= 4 is 22.9 Å². The van der Waals surface area contributed by atoms with E-state index in [1.807, 2.05) is 35.7 Å². The standard InChI is InChI=1S/C14H17ClN2OS/c1-2-8-18-12-6-4-3-5-10(12)13(17-16)14-11(15)7-9-19-14/h3-7,9,13,17H,2,8,16H2,1H3. The first kappa shape index (κ1) is 14.3. The molecule has 0 saturated heterocycles. The van der Waals surface area contributed by atoms with E-state index in [0.717, 1.165) is 27.6 Å². The minimum atomic E-state index is -0.152. The zero-order chi connectivity index (χ0) is 13.7. The summed E-state index contributed by atoms with van der Waals surface area (Å²) in [7, 11) is 0. The minimum absolute atomic E-state index is 0.152. The molecule has 1 atom stereocenters. The van der Waals surface area contributed by atoms with Crippen LogP contribution in [-0.4, -0.2) is 6.61 Å². The first-order valence-corrected chi connectivity index (χ1v) is 7.44. The first-order valence-electron chi connectivity index (χ1n) is 6.18. The highest BCUT2D eigenvalue weighted by Crippen LogP contribution is 2.36. The summed E-state index contributed by atoms with van der Waals surface area (Å²) in [6.45, 7) is 2.77. The summed E-state index contributed by atoms with van der Waals surface area (Å²) in [6.07, 6.45) is 0.967. The molecule has 1 aromatic carbocycles. The van der Waals surface area contributed by atoms with Crippen molar-refractivity contribution in [3.05, 3.63) is 51.2 Å². The van der Waals surface area contributed by atoms with Crippen LogP contribution in [0.5, 0.6) is 5.75 Å². The molecule has 3 N–H and O–H groups in total. The number of thiophene rings is 1. The Hall–Kier alpha value is -1.07. The van der Waals surface area contributed by atoms with E-state index in [4.69, 9.17) is 22.2 Å². The molecule has 102 valence electrons. The Kier molecular flexibility index (Phi) is 5.22. The first-order chi connectivity index (χ1) is 9.27. The van der Waals surface area contributed by atoms with E-state index in [9.17, 15) is 0 Å². The predicted octanol–water partition coefficient (Wildman–Crippen LogP) is 3.74. The molecule has 0 saturated carbocycles. The van der Waals surface area contributed by atoms with Gasteiger partial charge in [0.2, 0.25) is 0 Å². The van der Waals surface area contributed by atoms with Crippen LogP contribution in [0.1, 0.15) is 29.8 Å². The van der Waals surface area contributed by atoms with Crippen LogP contribution in [0, 0.1) is 0 Å². The smallest absolute Gasteiger partial charge is 0.124 e. The molecule has 0 bridgehead atoms. The Balaban J connectivity index is 2.35. The summed E-state index contributed by atoms with van der Waals surface area (Å²) < 4.78 is 5.77. The quantitative estimate of drug-likeness (QED) is 0.630. The van der Waals surface area contributed by atoms with Crippen LogP contribution >= 0.6 is 22.9 Å². The van der Waals surface area contributed by atoms with Gasteiger partial charge in [0.15, 0.2) is 0 Å². The molecule has 1 unspecified atom stereocenters. The van der Waals surface area contributed by atoms with E-state index >= 15 is 0 Å². The normalized spacial score (nSPS) is 12.4. The van der Waals surface area contributed by atoms with E-state index in [1.54, 1.807) is 11.3 Å². The third-order valence-electron chi connectivity index (χ3n) is 2.77. The van der Waals surface area contributed by atoms with Gasteiger partial charge in [0, 0.05) is 10.4 Å². The maximum atomic E-state index is 6.19. The third-order valence-corrected chi connectivity index (χ3v) is 4.19. The van der Waals surface area contributed by atoms with Crippen LogP contribution in [0.15, 0.2) is 35.7 Å². The lowest BCUT2D eigenvalue weighted by Crippen LogP contribution is -2.28. The highest BCUT2D eigenvalue weighted by molar-refractivity contribution is 7.10. The monoisotopic (exact) mass is 296 g/mol. The van der Waals surface area contributed by atoms with Crippen LogP contribution in [0.25, 0.3) is 0 Å². The summed E-state index contributed by atoms with van der Waals surface area (Å²) >= 11 is 7.77. The number of halogens is 1. The number of rotatable bonds is 6. The molecule has 0 aliphatic rings. The van der Waals surface area contributed by atoms with E-state index in [0.29, 0.717) is 6.61 Å². The average Bonchev–Trinajstić information content (AvgIpc) is 2.85. The van der Waals surface area contributed by atoms with Gasteiger partial charge in [0.1, 0.15) is 5.75 Å². The van der Waals surface area contributed by atoms with Crippen molar-refractivity contribution in [3.63, 3.8) is 0 Å². The van der Waals surface area contributed by atoms with Crippen LogP contribution in [0.2, 0.25) is 5.02 Å². The van der Waals surface area contributed by atoms with Gasteiger partial charge in [-0.25, -0.2) is 5.43 Å². The predicted molar refractivity (Wildman–Crippen MR) is 80.7 cm³/mol. The Morgan fingerprint density at radius 3 is 2.79 bits per heavy atom. The van der Waals surface area contributed by atoms with Gasteiger partial charge in [-0.1, -0.05) is 36.7 Å². The van der Waals surface area contributed by atoms with E-state index in [2.05, 4.69) is 12.3 Å². The van der Waals surface area contributed by atoms with Crippen LogP contribution in [0.4, 0.5) is 0 Å². The van der Waals surface area contributed by atoms with Gasteiger partial charge < -0.3 is 4.74 Å². The second kappa shape index (κ2) is 6.91. The number of nitrogens with one attached hydrogen (secondary N) is 1. The van der Waals surface area contributed by atoms with Crippen molar-refractivity contribution < 1.29 is 4.74 Å². The van der Waals surface area contributed by atoms with Crippen LogP contribution < -0.4 is 16.0 Å². The topological polar surface area (TPSA) is 47.3 Å². The van der Waals surface area contributed by atoms with Gasteiger partial charge in [0.05, 0.1) is 17.7 Å². The lowest BCUT2D eigenvalue weighted by atomic mass is 10.0. The second-order valence-electron chi connectivity index (χ2n) is 4.12. The van der Waals surface area contributed by atoms with Crippen LogP contribution in [0.3, 0.4) is 0 Å². The molecule has 3 nitrogen and oxygen atoms in total. The molecule has 1 aromatic heterocycles. The molecular formula is C14H17ClN2OS. The fourth-order valence-electron chi connectivity index (χ4n) is 1.88. The van der Waals surface area contributed by atoms with E-state index in [-0.39, 0.29) is 6.04 Å². The molecule has 2 rings (SSSR count). The lowest BCUT2D eigenvalue weighted by molar-refractivity contribution is 0.312. The Morgan fingerprint density at radius 1 is 1.37 bits per heavy atom. The highest BCUT2D eigenvalue weighted by atomic mass is 35.5. The number of hydrazine groups is 1.